The number of ether oxygens (including phenoxy) is 4. The second-order valence-electron chi connectivity index (χ2n) is 14.7. The number of rotatable bonds is 14. The van der Waals surface area contributed by atoms with Gasteiger partial charge in [0.2, 0.25) is 11.8 Å². The average molecular weight is 749 g/mol. The zero-order valence-corrected chi connectivity index (χ0v) is 31.3. The second kappa shape index (κ2) is 18.3. The molecule has 3 aliphatic heterocycles. The minimum absolute atomic E-state index is 0.000117. The molecule has 3 fully saturated rings. The van der Waals surface area contributed by atoms with Crippen LogP contribution in [0, 0.1) is 0 Å². The Labute approximate surface area is 323 Å². The van der Waals surface area contributed by atoms with E-state index in [2.05, 4.69) is 45.9 Å². The number of likely N-dealkylation sites (tertiary alicyclic amines) is 1. The zero-order valence-electron chi connectivity index (χ0n) is 31.3. The van der Waals surface area contributed by atoms with Crippen molar-refractivity contribution in [1.29, 1.82) is 0 Å². The fraction of sp³-hybridized carbons (Fsp3) is 0.409. The smallest absolute Gasteiger partial charge is 0.224 e. The summed E-state index contributed by atoms with van der Waals surface area (Å²) in [7, 11) is 0. The summed E-state index contributed by atoms with van der Waals surface area (Å²) >= 11 is 0. The first-order valence-electron chi connectivity index (χ1n) is 19.5. The third-order valence-electron chi connectivity index (χ3n) is 10.8. The molecular weight excluding hydrogens is 697 g/mol. The molecule has 3 unspecified atom stereocenters. The van der Waals surface area contributed by atoms with Crippen LogP contribution in [-0.2, 0) is 41.7 Å². The maximum absolute atomic E-state index is 12.8. The van der Waals surface area contributed by atoms with Crippen molar-refractivity contribution in [3.63, 3.8) is 0 Å². The molecule has 5 N–H and O–H groups in total. The van der Waals surface area contributed by atoms with E-state index in [-0.39, 0.29) is 30.6 Å². The molecule has 0 saturated carbocycles. The van der Waals surface area contributed by atoms with Gasteiger partial charge in [-0.25, -0.2) is 0 Å². The van der Waals surface area contributed by atoms with Crippen LogP contribution >= 0.6 is 0 Å². The van der Waals surface area contributed by atoms with E-state index < -0.39 is 12.1 Å². The first kappa shape index (κ1) is 38.6. The molecule has 1 spiro atoms. The number of carbonyl (C=O) groups excluding carboxylic acids is 2. The number of hydrogen-bond donors (Lipinski definition) is 4. The normalized spacial score (nSPS) is 21.0. The largest absolute Gasteiger partial charge is 0.397 e. The Morgan fingerprint density at radius 3 is 2.20 bits per heavy atom. The van der Waals surface area contributed by atoms with Crippen molar-refractivity contribution < 1.29 is 33.6 Å². The molecule has 7 rings (SSSR count). The van der Waals surface area contributed by atoms with Crippen LogP contribution in [0.1, 0.15) is 79.6 Å². The fourth-order valence-corrected chi connectivity index (χ4v) is 7.64. The van der Waals surface area contributed by atoms with Crippen LogP contribution < -0.4 is 16.4 Å². The molecule has 4 aromatic rings. The van der Waals surface area contributed by atoms with Crippen LogP contribution in [0.4, 0.5) is 11.4 Å². The van der Waals surface area contributed by atoms with Crippen LogP contribution in [0.15, 0.2) is 97.1 Å². The molecule has 3 heterocycles. The molecule has 11 heteroatoms. The van der Waals surface area contributed by atoms with Crippen LogP contribution in [0.3, 0.4) is 0 Å². The van der Waals surface area contributed by atoms with Crippen molar-refractivity contribution in [2.24, 2.45) is 0 Å². The summed E-state index contributed by atoms with van der Waals surface area (Å²) in [6, 6.07) is 31.5. The van der Waals surface area contributed by atoms with E-state index in [9.17, 15) is 14.7 Å². The Kier molecular flexibility index (Phi) is 12.9. The summed E-state index contributed by atoms with van der Waals surface area (Å²) in [4.78, 5) is 27.5. The number of nitrogens with one attached hydrogen (secondary N) is 2. The molecule has 0 aromatic heterocycles. The fourth-order valence-electron chi connectivity index (χ4n) is 7.64. The first-order chi connectivity index (χ1) is 26.9. The standard InChI is InChI=1S/C44H52N4O7/c45-38-9-3-4-10-39(38)47-42(51)12-6-5-11-41(50)46-28-35-7-1-2-8-37(35)32-17-19-34(20-18-32)43-54-36(27-40(55-43)33-15-13-31(30-49)14-16-33)29-48-23-21-44(22-24-48)52-25-26-53-44/h1-4,7-10,13-20,36,40,43,49H,5-6,11-12,21-30,45H2,(H,46,50)(H,47,51). The minimum Gasteiger partial charge on any atom is -0.397 e. The number of nitrogens with zero attached hydrogens (tertiary/aromatic N) is 1. The third kappa shape index (κ3) is 10.2. The number of hydrogen-bond acceptors (Lipinski definition) is 9. The van der Waals surface area contributed by atoms with Crippen molar-refractivity contribution in [3.05, 3.63) is 119 Å². The van der Waals surface area contributed by atoms with E-state index in [1.807, 2.05) is 54.6 Å². The summed E-state index contributed by atoms with van der Waals surface area (Å²) in [6.07, 6.45) is 3.54. The Bertz CT molecular complexity index is 1870. The van der Waals surface area contributed by atoms with Gasteiger partial charge in [-0.1, -0.05) is 84.9 Å². The molecule has 11 nitrogen and oxygen atoms in total. The lowest BCUT2D eigenvalue weighted by molar-refractivity contribution is -0.255. The highest BCUT2D eigenvalue weighted by molar-refractivity contribution is 5.93. The van der Waals surface area contributed by atoms with Gasteiger partial charge in [-0.3, -0.25) is 9.59 Å². The average Bonchev–Trinajstić information content (AvgIpc) is 3.68. The van der Waals surface area contributed by atoms with Gasteiger partial charge in [0.15, 0.2) is 12.1 Å². The molecule has 3 atom stereocenters. The van der Waals surface area contributed by atoms with E-state index in [0.29, 0.717) is 56.8 Å². The van der Waals surface area contributed by atoms with Crippen molar-refractivity contribution in [2.45, 2.75) is 82.4 Å². The van der Waals surface area contributed by atoms with Gasteiger partial charge >= 0.3 is 0 Å². The predicted octanol–water partition coefficient (Wildman–Crippen LogP) is 6.63. The molecule has 3 saturated heterocycles. The van der Waals surface area contributed by atoms with Gasteiger partial charge in [-0.2, -0.15) is 0 Å². The van der Waals surface area contributed by atoms with Crippen molar-refractivity contribution in [3.8, 4) is 11.1 Å². The molecule has 290 valence electrons. The number of anilines is 2. The van der Waals surface area contributed by atoms with Gasteiger partial charge in [-0.05, 0) is 52.8 Å². The maximum atomic E-state index is 12.8. The summed E-state index contributed by atoms with van der Waals surface area (Å²) in [5.41, 5.74) is 13.0. The number of nitrogens with two attached hydrogens (primary N) is 1. The van der Waals surface area contributed by atoms with Gasteiger partial charge in [0, 0.05) is 63.8 Å². The number of aliphatic hydroxyl groups excluding tert-OH is 1. The van der Waals surface area contributed by atoms with E-state index >= 15 is 0 Å². The first-order valence-corrected chi connectivity index (χ1v) is 19.5. The predicted molar refractivity (Wildman–Crippen MR) is 210 cm³/mol. The van der Waals surface area contributed by atoms with E-state index in [4.69, 9.17) is 24.7 Å². The van der Waals surface area contributed by atoms with Crippen molar-refractivity contribution in [1.82, 2.24) is 10.2 Å². The quantitative estimate of drug-likeness (QED) is 0.0826. The van der Waals surface area contributed by atoms with Gasteiger partial charge in [0.25, 0.3) is 0 Å². The Morgan fingerprint density at radius 2 is 1.47 bits per heavy atom. The number of nitrogen functional groups attached to an aromatic ring is 1. The highest BCUT2D eigenvalue weighted by atomic mass is 16.7. The molecule has 0 aliphatic carbocycles. The molecule has 0 bridgehead atoms. The van der Waals surface area contributed by atoms with Crippen molar-refractivity contribution in [2.75, 3.05) is 43.9 Å². The van der Waals surface area contributed by atoms with Gasteiger partial charge in [0.05, 0.1) is 43.4 Å². The number of piperidine rings is 1. The van der Waals surface area contributed by atoms with Gasteiger partial charge in [-0.15, -0.1) is 0 Å². The minimum atomic E-state index is -0.551. The number of amides is 2. The van der Waals surface area contributed by atoms with Crippen molar-refractivity contribution >= 4 is 23.2 Å². The number of para-hydroxylation sites is 2. The van der Waals surface area contributed by atoms with E-state index in [1.54, 1.807) is 12.1 Å². The van der Waals surface area contributed by atoms with Gasteiger partial charge < -0.3 is 45.3 Å². The topological polar surface area (TPSA) is 145 Å². The van der Waals surface area contributed by atoms with Crippen LogP contribution in [-0.4, -0.2) is 66.6 Å². The molecule has 2 amide bonds. The molecule has 4 aromatic carbocycles. The maximum Gasteiger partial charge on any atom is 0.224 e. The lowest BCUT2D eigenvalue weighted by Crippen LogP contribution is -2.48. The third-order valence-corrected chi connectivity index (χ3v) is 10.8. The molecule has 0 radical (unpaired) electrons. The zero-order chi connectivity index (χ0) is 38.0. The SMILES string of the molecule is Nc1ccccc1NC(=O)CCCCC(=O)NCc1ccccc1-c1ccc(C2OC(CN3CCC4(CC3)OCCO4)CC(c3ccc(CO)cc3)O2)cc1. The summed E-state index contributed by atoms with van der Waals surface area (Å²) in [6.45, 7) is 4.30. The number of aliphatic hydroxyl groups is 1. The van der Waals surface area contributed by atoms with Crippen LogP contribution in [0.25, 0.3) is 11.1 Å². The second-order valence-corrected chi connectivity index (χ2v) is 14.7. The highest BCUT2D eigenvalue weighted by Gasteiger charge is 2.41. The summed E-state index contributed by atoms with van der Waals surface area (Å²) in [5, 5.41) is 15.5. The van der Waals surface area contributed by atoms with Crippen LogP contribution in [0.2, 0.25) is 0 Å². The van der Waals surface area contributed by atoms with Crippen LogP contribution in [0.5, 0.6) is 0 Å². The number of unbranched alkanes of at least 4 members (excludes halogenated alkanes) is 1. The molecule has 55 heavy (non-hydrogen) atoms. The Balaban J connectivity index is 0.947. The number of benzene rings is 4. The van der Waals surface area contributed by atoms with E-state index in [1.165, 1.54) is 0 Å². The Hall–Kier alpha value is -4.62. The Morgan fingerprint density at radius 1 is 0.800 bits per heavy atom. The van der Waals surface area contributed by atoms with E-state index in [0.717, 1.165) is 72.3 Å². The molecular formula is C44H52N4O7. The highest BCUT2D eigenvalue weighted by Crippen LogP contribution is 2.40. The summed E-state index contributed by atoms with van der Waals surface area (Å²) < 4.78 is 25.2. The monoisotopic (exact) mass is 748 g/mol. The lowest BCUT2D eigenvalue weighted by Gasteiger charge is -2.41. The molecule has 3 aliphatic rings. The summed E-state index contributed by atoms with van der Waals surface area (Å²) in [5.74, 6) is -0.587. The lowest BCUT2D eigenvalue weighted by atomic mass is 9.97. The number of carbonyl (C=O) groups is 2. The van der Waals surface area contributed by atoms with Gasteiger partial charge in [0.1, 0.15) is 0 Å².